The normalized spacial score (nSPS) is 11.8. The van der Waals surface area contributed by atoms with Crippen LogP contribution in [0.15, 0.2) is 69.0 Å². The molecular weight excluding hydrogens is 250 g/mol. The Morgan fingerprint density at radius 3 is 2.33 bits per heavy atom. The first-order valence-electron chi connectivity index (χ1n) is 5.34. The fraction of sp³-hybridized carbons (Fsp3) is 0. The van der Waals surface area contributed by atoms with E-state index in [1.165, 1.54) is 0 Å². The summed E-state index contributed by atoms with van der Waals surface area (Å²) in [6.45, 7) is 0. The molecule has 0 aliphatic carbocycles. The highest BCUT2D eigenvalue weighted by Crippen LogP contribution is 2.27. The fourth-order valence-corrected chi connectivity index (χ4v) is 3.10. The molecule has 2 aromatic carbocycles. The van der Waals surface area contributed by atoms with Crippen molar-refractivity contribution in [3.05, 3.63) is 54.6 Å². The topological polar surface area (TPSA) is 60.2 Å². The molecule has 0 fully saturated rings. The van der Waals surface area contributed by atoms with Crippen LogP contribution in [0.25, 0.3) is 11.0 Å². The first kappa shape index (κ1) is 11.0. The Hall–Kier alpha value is -2.14. The predicted molar refractivity (Wildman–Crippen MR) is 65.9 cm³/mol. The van der Waals surface area contributed by atoms with E-state index in [4.69, 9.17) is 4.52 Å². The lowest BCUT2D eigenvalue weighted by molar-refractivity contribution is 0.432. The number of para-hydroxylation sites is 1. The maximum atomic E-state index is 12.4. The number of fused-ring (bicyclic) bond motifs is 1. The van der Waals surface area contributed by atoms with Crippen molar-refractivity contribution in [3.63, 3.8) is 0 Å². The van der Waals surface area contributed by atoms with Gasteiger partial charge in [0.15, 0.2) is 5.58 Å². The zero-order valence-corrected chi connectivity index (χ0v) is 10.1. The Kier molecular flexibility index (Phi) is 2.41. The van der Waals surface area contributed by atoms with Crippen LogP contribution in [0.3, 0.4) is 0 Å². The predicted octanol–water partition coefficient (Wildman–Crippen LogP) is 2.66. The molecule has 0 aliphatic heterocycles. The number of nitrogens with zero attached hydrogens (tertiary/aromatic N) is 1. The van der Waals surface area contributed by atoms with Gasteiger partial charge in [0.2, 0.25) is 14.9 Å². The molecule has 0 aliphatic rings. The first-order chi connectivity index (χ1) is 8.69. The van der Waals surface area contributed by atoms with Crippen molar-refractivity contribution in [2.75, 3.05) is 0 Å². The third-order valence-electron chi connectivity index (χ3n) is 2.65. The largest absolute Gasteiger partial charge is 0.355 e. The van der Waals surface area contributed by atoms with E-state index in [1.54, 1.807) is 54.6 Å². The monoisotopic (exact) mass is 259 g/mol. The van der Waals surface area contributed by atoms with E-state index in [0.29, 0.717) is 11.0 Å². The minimum atomic E-state index is -3.63. The molecule has 1 heterocycles. The molecule has 3 rings (SSSR count). The minimum Gasteiger partial charge on any atom is -0.355 e. The zero-order valence-electron chi connectivity index (χ0n) is 9.28. The van der Waals surface area contributed by atoms with Crippen LogP contribution >= 0.6 is 0 Å². The number of benzene rings is 2. The van der Waals surface area contributed by atoms with Crippen LogP contribution in [0.2, 0.25) is 0 Å². The Morgan fingerprint density at radius 2 is 1.56 bits per heavy atom. The van der Waals surface area contributed by atoms with Gasteiger partial charge in [-0.05, 0) is 24.3 Å². The van der Waals surface area contributed by atoms with E-state index < -0.39 is 9.84 Å². The van der Waals surface area contributed by atoms with Crippen LogP contribution in [-0.2, 0) is 9.84 Å². The molecule has 0 spiro atoms. The third kappa shape index (κ3) is 1.60. The highest BCUT2D eigenvalue weighted by Gasteiger charge is 2.24. The molecule has 4 nitrogen and oxygen atoms in total. The average molecular weight is 259 g/mol. The third-order valence-corrected chi connectivity index (χ3v) is 4.35. The summed E-state index contributed by atoms with van der Waals surface area (Å²) in [5.74, 6) is 0. The summed E-state index contributed by atoms with van der Waals surface area (Å²) < 4.78 is 29.8. The van der Waals surface area contributed by atoms with E-state index in [-0.39, 0.29) is 9.92 Å². The van der Waals surface area contributed by atoms with E-state index in [2.05, 4.69) is 5.16 Å². The van der Waals surface area contributed by atoms with Gasteiger partial charge in [0.05, 0.1) is 10.3 Å². The average Bonchev–Trinajstić information content (AvgIpc) is 2.84. The summed E-state index contributed by atoms with van der Waals surface area (Å²) in [5, 5.41) is 4.14. The summed E-state index contributed by atoms with van der Waals surface area (Å²) in [6.07, 6.45) is 0. The van der Waals surface area contributed by atoms with Crippen molar-refractivity contribution < 1.29 is 12.9 Å². The highest BCUT2D eigenvalue weighted by atomic mass is 32.2. The van der Waals surface area contributed by atoms with E-state index in [0.717, 1.165) is 0 Å². The summed E-state index contributed by atoms with van der Waals surface area (Å²) in [7, 11) is -3.63. The maximum Gasteiger partial charge on any atom is 0.227 e. The van der Waals surface area contributed by atoms with E-state index in [9.17, 15) is 8.42 Å². The fourth-order valence-electron chi connectivity index (χ4n) is 1.77. The smallest absolute Gasteiger partial charge is 0.227 e. The Balaban J connectivity index is 2.27. The molecule has 0 radical (unpaired) electrons. The van der Waals surface area contributed by atoms with Crippen molar-refractivity contribution in [1.29, 1.82) is 0 Å². The lowest BCUT2D eigenvalue weighted by Crippen LogP contribution is -2.02. The summed E-state index contributed by atoms with van der Waals surface area (Å²) in [4.78, 5) is 0.212. The SMILES string of the molecule is O=S(=O)(c1ccccc1)c1noc2ccccc12. The van der Waals surface area contributed by atoms with Crippen LogP contribution < -0.4 is 0 Å². The molecule has 0 amide bonds. The van der Waals surface area contributed by atoms with E-state index >= 15 is 0 Å². The van der Waals surface area contributed by atoms with Gasteiger partial charge in [0, 0.05) is 0 Å². The lowest BCUT2D eigenvalue weighted by atomic mass is 10.3. The van der Waals surface area contributed by atoms with Crippen LogP contribution in [0.5, 0.6) is 0 Å². The number of aromatic nitrogens is 1. The number of hydrogen-bond donors (Lipinski definition) is 0. The van der Waals surface area contributed by atoms with Gasteiger partial charge in [-0.1, -0.05) is 35.5 Å². The molecule has 0 bridgehead atoms. The number of sulfone groups is 1. The minimum absolute atomic E-state index is 0.0377. The number of hydrogen-bond acceptors (Lipinski definition) is 4. The van der Waals surface area contributed by atoms with Crippen LogP contribution in [0.4, 0.5) is 0 Å². The molecule has 0 N–H and O–H groups in total. The Morgan fingerprint density at radius 1 is 0.889 bits per heavy atom. The van der Waals surface area contributed by atoms with Crippen molar-refractivity contribution in [2.24, 2.45) is 0 Å². The standard InChI is InChI=1S/C13H9NO3S/c15-18(16,10-6-2-1-3-7-10)13-11-8-4-5-9-12(11)17-14-13/h1-9H. The Bertz CT molecular complexity index is 791. The van der Waals surface area contributed by atoms with Gasteiger partial charge in [0.1, 0.15) is 0 Å². The molecular formula is C13H9NO3S. The zero-order chi connectivity index (χ0) is 12.6. The van der Waals surface area contributed by atoms with Crippen molar-refractivity contribution in [3.8, 4) is 0 Å². The lowest BCUT2D eigenvalue weighted by Gasteiger charge is -1.99. The van der Waals surface area contributed by atoms with Gasteiger partial charge >= 0.3 is 0 Å². The molecule has 18 heavy (non-hydrogen) atoms. The first-order valence-corrected chi connectivity index (χ1v) is 6.82. The number of rotatable bonds is 2. The maximum absolute atomic E-state index is 12.4. The highest BCUT2D eigenvalue weighted by molar-refractivity contribution is 7.91. The van der Waals surface area contributed by atoms with Gasteiger partial charge in [0.25, 0.3) is 0 Å². The second-order valence-corrected chi connectivity index (χ2v) is 5.67. The van der Waals surface area contributed by atoms with Crippen molar-refractivity contribution >= 4 is 20.8 Å². The van der Waals surface area contributed by atoms with Crippen LogP contribution in [0.1, 0.15) is 0 Å². The quantitative estimate of drug-likeness (QED) is 0.710. The van der Waals surface area contributed by atoms with Crippen molar-refractivity contribution in [1.82, 2.24) is 5.16 Å². The van der Waals surface area contributed by atoms with Gasteiger partial charge in [-0.25, -0.2) is 8.42 Å². The second kappa shape index (κ2) is 3.96. The van der Waals surface area contributed by atoms with Crippen LogP contribution in [-0.4, -0.2) is 13.6 Å². The molecule has 0 atom stereocenters. The van der Waals surface area contributed by atoms with Gasteiger partial charge in [-0.15, -0.1) is 0 Å². The van der Waals surface area contributed by atoms with E-state index in [1.807, 2.05) is 0 Å². The summed E-state index contributed by atoms with van der Waals surface area (Å²) in [6, 6.07) is 15.1. The molecule has 3 aromatic rings. The van der Waals surface area contributed by atoms with Crippen molar-refractivity contribution in [2.45, 2.75) is 9.92 Å². The molecule has 0 saturated heterocycles. The second-order valence-electron chi connectivity index (χ2n) is 3.80. The molecule has 0 unspecified atom stereocenters. The molecule has 90 valence electrons. The molecule has 1 aromatic heterocycles. The molecule has 5 heteroatoms. The van der Waals surface area contributed by atoms with Gasteiger partial charge < -0.3 is 4.52 Å². The van der Waals surface area contributed by atoms with Crippen LogP contribution in [0, 0.1) is 0 Å². The Labute approximate surface area is 104 Å². The summed E-state index contributed by atoms with van der Waals surface area (Å²) >= 11 is 0. The van der Waals surface area contributed by atoms with Gasteiger partial charge in [-0.2, -0.15) is 0 Å². The summed E-state index contributed by atoms with van der Waals surface area (Å²) in [5.41, 5.74) is 0.465. The molecule has 0 saturated carbocycles. The van der Waals surface area contributed by atoms with Gasteiger partial charge in [-0.3, -0.25) is 0 Å².